The lowest BCUT2D eigenvalue weighted by Crippen LogP contribution is -2.13. The van der Waals surface area contributed by atoms with E-state index < -0.39 is 11.9 Å². The van der Waals surface area contributed by atoms with Gasteiger partial charge in [0.1, 0.15) is 5.69 Å². The third-order valence-corrected chi connectivity index (χ3v) is 2.00. The van der Waals surface area contributed by atoms with Crippen LogP contribution < -0.4 is 5.73 Å². The number of nitrogens with zero attached hydrogens (tertiary/aromatic N) is 3. The zero-order chi connectivity index (χ0) is 11.2. The van der Waals surface area contributed by atoms with Crippen LogP contribution in [0.1, 0.15) is 5.69 Å². The molecule has 0 aliphatic carbocycles. The molecule has 2 rings (SSSR count). The molecule has 0 bridgehead atoms. The highest BCUT2D eigenvalue weighted by Gasteiger charge is 2.34. The van der Waals surface area contributed by atoms with Crippen LogP contribution in [0.4, 0.5) is 19.1 Å². The van der Waals surface area contributed by atoms with Gasteiger partial charge in [0.15, 0.2) is 5.65 Å². The summed E-state index contributed by atoms with van der Waals surface area (Å²) in [5, 5.41) is 6.73. The van der Waals surface area contributed by atoms with Crippen LogP contribution in [0.5, 0.6) is 0 Å². The Kier molecular flexibility index (Phi) is 2.00. The first-order chi connectivity index (χ1) is 6.89. The Morgan fingerprint density at radius 3 is 2.53 bits per heavy atom. The molecule has 8 heteroatoms. The number of alkyl halides is 3. The minimum atomic E-state index is -4.56. The van der Waals surface area contributed by atoms with Crippen molar-refractivity contribution in [3.63, 3.8) is 0 Å². The van der Waals surface area contributed by atoms with Gasteiger partial charge in [0.2, 0.25) is 5.95 Å². The minimum absolute atomic E-state index is 0.0349. The van der Waals surface area contributed by atoms with Gasteiger partial charge in [-0.1, -0.05) is 11.6 Å². The number of aromatic nitrogens is 3. The Labute approximate surface area is 86.5 Å². The predicted octanol–water partition coefficient (Wildman–Crippen LogP) is 1.98. The molecule has 2 aromatic heterocycles. The van der Waals surface area contributed by atoms with Gasteiger partial charge >= 0.3 is 6.18 Å². The third kappa shape index (κ3) is 1.58. The summed E-state index contributed by atoms with van der Waals surface area (Å²) in [7, 11) is 0. The first kappa shape index (κ1) is 10.0. The average Bonchev–Trinajstić information content (AvgIpc) is 2.44. The molecule has 0 fully saturated rings. The highest BCUT2D eigenvalue weighted by Crippen LogP contribution is 2.32. The van der Waals surface area contributed by atoms with E-state index in [2.05, 4.69) is 10.2 Å². The molecule has 0 saturated carbocycles. The second-order valence-electron chi connectivity index (χ2n) is 2.81. The molecule has 0 spiro atoms. The van der Waals surface area contributed by atoms with Gasteiger partial charge in [-0.25, -0.2) is 0 Å². The fourth-order valence-corrected chi connectivity index (χ4v) is 1.42. The summed E-state index contributed by atoms with van der Waals surface area (Å²) in [6.45, 7) is 0. The molecule has 0 aliphatic rings. The van der Waals surface area contributed by atoms with Crippen molar-refractivity contribution < 1.29 is 13.2 Å². The normalized spacial score (nSPS) is 12.3. The summed E-state index contributed by atoms with van der Waals surface area (Å²) in [6.07, 6.45) is -4.56. The average molecular weight is 237 g/mol. The smallest absolute Gasteiger partial charge is 0.368 e. The molecule has 2 aromatic rings. The highest BCUT2D eigenvalue weighted by molar-refractivity contribution is 6.30. The van der Waals surface area contributed by atoms with Crippen LogP contribution in [0.25, 0.3) is 5.65 Å². The highest BCUT2D eigenvalue weighted by atomic mass is 35.5. The second kappa shape index (κ2) is 2.99. The van der Waals surface area contributed by atoms with Crippen LogP contribution in [-0.4, -0.2) is 14.6 Å². The fourth-order valence-electron chi connectivity index (χ4n) is 1.22. The van der Waals surface area contributed by atoms with Gasteiger partial charge in [0.05, 0.1) is 0 Å². The summed E-state index contributed by atoms with van der Waals surface area (Å²) in [5.41, 5.74) is 4.24. The molecular weight excluding hydrogens is 233 g/mol. The maximum atomic E-state index is 12.6. The maximum absolute atomic E-state index is 12.6. The number of hydrogen-bond donors (Lipinski definition) is 1. The number of pyridine rings is 1. The first-order valence-corrected chi connectivity index (χ1v) is 4.15. The molecule has 0 aliphatic heterocycles. The van der Waals surface area contributed by atoms with Crippen molar-refractivity contribution in [2.45, 2.75) is 6.18 Å². The molecule has 0 aromatic carbocycles. The van der Waals surface area contributed by atoms with Crippen molar-refractivity contribution in [3.05, 3.63) is 22.8 Å². The van der Waals surface area contributed by atoms with E-state index in [1.165, 1.54) is 6.07 Å². The Morgan fingerprint density at radius 2 is 1.93 bits per heavy atom. The summed E-state index contributed by atoms with van der Waals surface area (Å²) in [4.78, 5) is 0. The molecule has 2 N–H and O–H groups in total. The van der Waals surface area contributed by atoms with Gasteiger partial charge < -0.3 is 5.73 Å². The molecule has 15 heavy (non-hydrogen) atoms. The van der Waals surface area contributed by atoms with Gasteiger partial charge in [0.25, 0.3) is 0 Å². The van der Waals surface area contributed by atoms with Crippen molar-refractivity contribution in [1.29, 1.82) is 0 Å². The van der Waals surface area contributed by atoms with Crippen molar-refractivity contribution in [3.8, 4) is 0 Å². The summed E-state index contributed by atoms with van der Waals surface area (Å²) in [6, 6.07) is 2.02. The molecule has 0 unspecified atom stereocenters. The maximum Gasteiger partial charge on any atom is 0.431 e. The van der Waals surface area contributed by atoms with Gasteiger partial charge in [-0.2, -0.15) is 13.2 Å². The van der Waals surface area contributed by atoms with Gasteiger partial charge in [0, 0.05) is 11.1 Å². The number of nitrogens with two attached hydrogens (primary N) is 1. The van der Waals surface area contributed by atoms with Gasteiger partial charge in [-0.05, 0) is 6.07 Å². The molecule has 80 valence electrons. The molecule has 4 nitrogen and oxygen atoms in total. The van der Waals surface area contributed by atoms with Crippen LogP contribution in [0, 0.1) is 0 Å². The molecular formula is C7H4ClF3N4. The Bertz CT molecular complexity index is 519. The van der Waals surface area contributed by atoms with Gasteiger partial charge in [-0.15, -0.1) is 10.2 Å². The largest absolute Gasteiger partial charge is 0.431 e. The van der Waals surface area contributed by atoms with Crippen LogP contribution in [0.15, 0.2) is 12.1 Å². The van der Waals surface area contributed by atoms with E-state index in [9.17, 15) is 13.2 Å². The number of halogens is 4. The lowest BCUT2D eigenvalue weighted by Gasteiger charge is -2.09. The Balaban J connectivity index is 2.87. The van der Waals surface area contributed by atoms with E-state index in [1.54, 1.807) is 0 Å². The quantitative estimate of drug-likeness (QED) is 0.761. The molecule has 0 atom stereocenters. The first-order valence-electron chi connectivity index (χ1n) is 3.77. The predicted molar refractivity (Wildman–Crippen MR) is 47.4 cm³/mol. The van der Waals surface area contributed by atoms with Crippen molar-refractivity contribution >= 4 is 23.2 Å². The lowest BCUT2D eigenvalue weighted by atomic mass is 10.3. The standard InChI is InChI=1S/C7H4ClF3N4/c8-3-1-4(7(9,10)11)15-5(2-3)13-14-6(15)12/h1-2H,(H2,12,14). The summed E-state index contributed by atoms with van der Waals surface area (Å²) in [5.74, 6) is -0.325. The van der Waals surface area contributed by atoms with Crippen LogP contribution in [-0.2, 0) is 6.18 Å². The number of rotatable bonds is 0. The van der Waals surface area contributed by atoms with Crippen molar-refractivity contribution in [2.75, 3.05) is 5.73 Å². The topological polar surface area (TPSA) is 56.2 Å². The molecule has 2 heterocycles. The number of fused-ring (bicyclic) bond motifs is 1. The zero-order valence-electron chi connectivity index (χ0n) is 7.09. The van der Waals surface area contributed by atoms with E-state index in [0.29, 0.717) is 4.40 Å². The minimum Gasteiger partial charge on any atom is -0.368 e. The van der Waals surface area contributed by atoms with E-state index in [1.807, 2.05) is 0 Å². The monoisotopic (exact) mass is 236 g/mol. The van der Waals surface area contributed by atoms with Crippen LogP contribution >= 0.6 is 11.6 Å². The second-order valence-corrected chi connectivity index (χ2v) is 3.24. The van der Waals surface area contributed by atoms with Gasteiger partial charge in [-0.3, -0.25) is 4.40 Å². The summed E-state index contributed by atoms with van der Waals surface area (Å²) < 4.78 is 38.4. The SMILES string of the molecule is Nc1nnc2cc(Cl)cc(C(F)(F)F)n12. The number of hydrogen-bond acceptors (Lipinski definition) is 3. The third-order valence-electron chi connectivity index (χ3n) is 1.79. The van der Waals surface area contributed by atoms with Crippen molar-refractivity contribution in [1.82, 2.24) is 14.6 Å². The van der Waals surface area contributed by atoms with E-state index >= 15 is 0 Å². The lowest BCUT2D eigenvalue weighted by molar-refractivity contribution is -0.141. The molecule has 0 saturated heterocycles. The van der Waals surface area contributed by atoms with E-state index in [0.717, 1.165) is 6.07 Å². The van der Waals surface area contributed by atoms with E-state index in [4.69, 9.17) is 17.3 Å². The Morgan fingerprint density at radius 1 is 1.27 bits per heavy atom. The van der Waals surface area contributed by atoms with Crippen LogP contribution in [0.3, 0.4) is 0 Å². The van der Waals surface area contributed by atoms with Crippen molar-refractivity contribution in [2.24, 2.45) is 0 Å². The van der Waals surface area contributed by atoms with E-state index in [-0.39, 0.29) is 16.6 Å². The molecule has 0 amide bonds. The summed E-state index contributed by atoms with van der Waals surface area (Å²) >= 11 is 5.52. The Hall–Kier alpha value is -1.50. The fraction of sp³-hybridized carbons (Fsp3) is 0.143. The zero-order valence-corrected chi connectivity index (χ0v) is 7.84. The molecule has 0 radical (unpaired) electrons. The van der Waals surface area contributed by atoms with Crippen LogP contribution in [0.2, 0.25) is 5.02 Å². The number of nitrogen functional groups attached to an aromatic ring is 1. The number of anilines is 1.